The molecule has 110 valence electrons. The van der Waals surface area contributed by atoms with Gasteiger partial charge in [-0.25, -0.2) is 15.0 Å². The zero-order valence-corrected chi connectivity index (χ0v) is 11.4. The minimum Gasteiger partial charge on any atom is -0.394 e. The molecule has 0 aromatic carbocycles. The van der Waals surface area contributed by atoms with Crippen LogP contribution in [0.15, 0.2) is 12.7 Å². The largest absolute Gasteiger partial charge is 0.394 e. The van der Waals surface area contributed by atoms with E-state index in [0.717, 1.165) is 24.0 Å². The fourth-order valence-corrected chi connectivity index (χ4v) is 2.78. The molecule has 2 aromatic rings. The van der Waals surface area contributed by atoms with Crippen LogP contribution in [0.4, 0.5) is 5.82 Å². The third-order valence-electron chi connectivity index (χ3n) is 3.94. The number of carbonyl (C=O) groups excluding carboxylic acids is 1. The molecule has 1 aliphatic heterocycles. The summed E-state index contributed by atoms with van der Waals surface area (Å²) in [6, 6.07) is 0.217. The molecule has 1 atom stereocenters. The van der Waals surface area contributed by atoms with Crippen molar-refractivity contribution in [2.24, 2.45) is 0 Å². The Kier molecular flexibility index (Phi) is 2.78. The lowest BCUT2D eigenvalue weighted by Gasteiger charge is -2.32. The molecule has 3 heterocycles. The first-order chi connectivity index (χ1) is 10.3. The smallest absolute Gasteiger partial charge is 0.239 e. The number of aliphatic hydroxyl groups is 1. The van der Waals surface area contributed by atoms with E-state index in [4.69, 9.17) is 0 Å². The highest BCUT2D eigenvalue weighted by Crippen LogP contribution is 2.37. The van der Waals surface area contributed by atoms with E-state index in [2.05, 4.69) is 24.8 Å². The summed E-state index contributed by atoms with van der Waals surface area (Å²) in [5.41, 5.74) is 1.53. The van der Waals surface area contributed by atoms with Gasteiger partial charge in [0.1, 0.15) is 6.33 Å². The van der Waals surface area contributed by atoms with E-state index in [1.54, 1.807) is 6.33 Å². The molecular weight excluding hydrogens is 272 g/mol. The van der Waals surface area contributed by atoms with E-state index < -0.39 is 0 Å². The number of nitrogens with zero attached hydrogens (tertiary/aromatic N) is 5. The zero-order valence-electron chi connectivity index (χ0n) is 11.4. The van der Waals surface area contributed by atoms with Gasteiger partial charge in [-0.05, 0) is 12.8 Å². The summed E-state index contributed by atoms with van der Waals surface area (Å²) >= 11 is 0. The lowest BCUT2D eigenvalue weighted by molar-refractivity contribution is -0.121. The van der Waals surface area contributed by atoms with Crippen LogP contribution in [0.25, 0.3) is 11.2 Å². The second-order valence-electron chi connectivity index (χ2n) is 5.58. The normalized spacial score (nSPS) is 22.6. The lowest BCUT2D eigenvalue weighted by atomic mass is 10.2. The van der Waals surface area contributed by atoms with E-state index in [-0.39, 0.29) is 25.1 Å². The maximum absolute atomic E-state index is 11.7. The Labute approximate surface area is 120 Å². The summed E-state index contributed by atoms with van der Waals surface area (Å²) in [6.45, 7) is 0.649. The predicted molar refractivity (Wildman–Crippen MR) is 74.8 cm³/mol. The van der Waals surface area contributed by atoms with Gasteiger partial charge >= 0.3 is 0 Å². The first kappa shape index (κ1) is 12.5. The molecular formula is C13H16N6O2. The highest BCUT2D eigenvalue weighted by atomic mass is 16.3. The number of anilines is 1. The lowest BCUT2D eigenvalue weighted by Crippen LogP contribution is -2.55. The Morgan fingerprint density at radius 3 is 2.95 bits per heavy atom. The maximum atomic E-state index is 11.7. The SMILES string of the molecule is O=C1CN(c2ncnc3c2ncn3C2CC2)C[C@@H](CO)N1. The summed E-state index contributed by atoms with van der Waals surface area (Å²) in [5.74, 6) is 0.543. The first-order valence-electron chi connectivity index (χ1n) is 7.09. The Morgan fingerprint density at radius 2 is 2.19 bits per heavy atom. The van der Waals surface area contributed by atoms with Crippen LogP contribution in [0.3, 0.4) is 0 Å². The quantitative estimate of drug-likeness (QED) is 0.787. The molecule has 0 unspecified atom stereocenters. The van der Waals surface area contributed by atoms with Gasteiger partial charge in [-0.1, -0.05) is 0 Å². The van der Waals surface area contributed by atoms with Gasteiger partial charge in [0, 0.05) is 12.6 Å². The fraction of sp³-hybridized carbons (Fsp3) is 0.538. The Morgan fingerprint density at radius 1 is 1.33 bits per heavy atom. The van der Waals surface area contributed by atoms with Gasteiger partial charge in [0.15, 0.2) is 17.0 Å². The maximum Gasteiger partial charge on any atom is 0.239 e. The molecule has 0 spiro atoms. The van der Waals surface area contributed by atoms with Gasteiger partial charge in [-0.15, -0.1) is 0 Å². The number of fused-ring (bicyclic) bond motifs is 1. The van der Waals surface area contributed by atoms with Crippen molar-refractivity contribution in [1.29, 1.82) is 0 Å². The molecule has 2 fully saturated rings. The third kappa shape index (κ3) is 2.11. The van der Waals surface area contributed by atoms with Crippen molar-refractivity contribution in [3.05, 3.63) is 12.7 Å². The second kappa shape index (κ2) is 4.66. The van der Waals surface area contributed by atoms with Gasteiger partial charge in [0.2, 0.25) is 5.91 Å². The number of rotatable bonds is 3. The Balaban J connectivity index is 1.74. The summed E-state index contributed by atoms with van der Waals surface area (Å²) in [7, 11) is 0. The number of amides is 1. The number of hydrogen-bond acceptors (Lipinski definition) is 6. The van der Waals surface area contributed by atoms with Crippen LogP contribution in [0.2, 0.25) is 0 Å². The summed E-state index contributed by atoms with van der Waals surface area (Å²) < 4.78 is 2.08. The molecule has 8 heteroatoms. The molecule has 4 rings (SSSR count). The average Bonchev–Trinajstić information content (AvgIpc) is 3.25. The number of carbonyl (C=O) groups is 1. The van der Waals surface area contributed by atoms with Crippen LogP contribution in [0, 0.1) is 0 Å². The summed E-state index contributed by atoms with van der Waals surface area (Å²) in [4.78, 5) is 26.7. The van der Waals surface area contributed by atoms with Gasteiger partial charge in [-0.2, -0.15) is 0 Å². The van der Waals surface area contributed by atoms with E-state index >= 15 is 0 Å². The molecule has 21 heavy (non-hydrogen) atoms. The minimum absolute atomic E-state index is 0.0903. The highest BCUT2D eigenvalue weighted by Gasteiger charge is 2.29. The van der Waals surface area contributed by atoms with Crippen LogP contribution in [-0.4, -0.2) is 56.3 Å². The van der Waals surface area contributed by atoms with Crippen molar-refractivity contribution >= 4 is 22.9 Å². The molecule has 1 saturated heterocycles. The molecule has 0 radical (unpaired) electrons. The van der Waals surface area contributed by atoms with Crippen LogP contribution in [-0.2, 0) is 4.79 Å². The highest BCUT2D eigenvalue weighted by molar-refractivity contribution is 5.88. The molecule has 1 saturated carbocycles. The number of aromatic nitrogens is 4. The topological polar surface area (TPSA) is 96.2 Å². The Hall–Kier alpha value is -2.22. The van der Waals surface area contributed by atoms with Crippen molar-refractivity contribution in [1.82, 2.24) is 24.8 Å². The number of hydrogen-bond donors (Lipinski definition) is 2. The van der Waals surface area contributed by atoms with Crippen LogP contribution < -0.4 is 10.2 Å². The van der Waals surface area contributed by atoms with Crippen LogP contribution in [0.5, 0.6) is 0 Å². The first-order valence-corrected chi connectivity index (χ1v) is 7.09. The third-order valence-corrected chi connectivity index (χ3v) is 3.94. The predicted octanol–water partition coefficient (Wildman–Crippen LogP) is -0.542. The van der Waals surface area contributed by atoms with Crippen molar-refractivity contribution in [2.45, 2.75) is 24.9 Å². The fourth-order valence-electron chi connectivity index (χ4n) is 2.78. The number of imidazole rings is 1. The summed E-state index contributed by atoms with van der Waals surface area (Å²) in [5, 5.41) is 12.0. The van der Waals surface area contributed by atoms with Crippen molar-refractivity contribution in [3.8, 4) is 0 Å². The van der Waals surface area contributed by atoms with Crippen molar-refractivity contribution < 1.29 is 9.90 Å². The average molecular weight is 288 g/mol. The molecule has 2 N–H and O–H groups in total. The molecule has 1 aliphatic carbocycles. The van der Waals surface area contributed by atoms with Gasteiger partial charge in [0.25, 0.3) is 0 Å². The number of aliphatic hydroxyl groups excluding tert-OH is 1. The van der Waals surface area contributed by atoms with Crippen LogP contribution >= 0.6 is 0 Å². The van der Waals surface area contributed by atoms with Gasteiger partial charge in [-0.3, -0.25) is 4.79 Å². The van der Waals surface area contributed by atoms with Gasteiger partial charge < -0.3 is 19.9 Å². The van der Waals surface area contributed by atoms with Crippen molar-refractivity contribution in [3.63, 3.8) is 0 Å². The second-order valence-corrected chi connectivity index (χ2v) is 5.58. The van der Waals surface area contributed by atoms with Crippen LogP contribution in [0.1, 0.15) is 18.9 Å². The monoisotopic (exact) mass is 288 g/mol. The number of nitrogens with one attached hydrogen (secondary N) is 1. The standard InChI is InChI=1S/C13H16N6O2/c20-5-8-3-18(4-10(21)17-8)12-11-13(15-6-14-12)19(7-16-11)9-1-2-9/h6-9,20H,1-5H2,(H,17,21)/t8-/m0/s1. The van der Waals surface area contributed by atoms with E-state index in [0.29, 0.717) is 18.4 Å². The van der Waals surface area contributed by atoms with E-state index in [1.165, 1.54) is 6.33 Å². The molecule has 1 amide bonds. The molecule has 0 bridgehead atoms. The Bertz CT molecular complexity index is 695. The minimum atomic E-state index is -0.276. The van der Waals surface area contributed by atoms with Crippen molar-refractivity contribution in [2.75, 3.05) is 24.6 Å². The molecule has 8 nitrogen and oxygen atoms in total. The molecule has 2 aromatic heterocycles. The molecule has 2 aliphatic rings. The van der Waals surface area contributed by atoms with E-state index in [1.807, 2.05) is 4.90 Å². The number of piperazine rings is 1. The van der Waals surface area contributed by atoms with Gasteiger partial charge in [0.05, 0.1) is 25.5 Å². The zero-order chi connectivity index (χ0) is 14.4. The van der Waals surface area contributed by atoms with E-state index in [9.17, 15) is 9.90 Å². The summed E-state index contributed by atoms with van der Waals surface area (Å²) in [6.07, 6.45) is 5.62.